The van der Waals surface area contributed by atoms with Crippen molar-refractivity contribution in [1.29, 1.82) is 0 Å². The summed E-state index contributed by atoms with van der Waals surface area (Å²) in [6.07, 6.45) is 2.47. The Balaban J connectivity index is 1.83. The van der Waals surface area contributed by atoms with Crippen molar-refractivity contribution >= 4 is 0 Å². The lowest BCUT2D eigenvalue weighted by molar-refractivity contribution is -0.136. The maximum atomic E-state index is 6.11. The average Bonchev–Trinajstić information content (AvgIpc) is 2.72. The van der Waals surface area contributed by atoms with Gasteiger partial charge in [0.15, 0.2) is 0 Å². The van der Waals surface area contributed by atoms with Gasteiger partial charge in [-0.15, -0.1) is 0 Å². The molecule has 18 heavy (non-hydrogen) atoms. The summed E-state index contributed by atoms with van der Waals surface area (Å²) in [5, 5.41) is 3.62. The predicted octanol–water partition coefficient (Wildman–Crippen LogP) is 2.47. The van der Waals surface area contributed by atoms with Crippen molar-refractivity contribution in [3.05, 3.63) is 0 Å². The van der Waals surface area contributed by atoms with Gasteiger partial charge in [-0.1, -0.05) is 13.8 Å². The molecule has 0 spiro atoms. The van der Waals surface area contributed by atoms with Crippen molar-refractivity contribution in [1.82, 2.24) is 10.2 Å². The van der Waals surface area contributed by atoms with E-state index in [2.05, 4.69) is 44.8 Å². The Kier molecular flexibility index (Phi) is 4.05. The Labute approximate surface area is 112 Å². The predicted molar refractivity (Wildman–Crippen MR) is 75.6 cm³/mol. The van der Waals surface area contributed by atoms with E-state index in [0.29, 0.717) is 6.04 Å². The normalized spacial score (nSPS) is 37.3. The van der Waals surface area contributed by atoms with E-state index in [-0.39, 0.29) is 11.1 Å². The third-order valence-corrected chi connectivity index (χ3v) is 4.45. The fraction of sp³-hybridized carbons (Fsp3) is 1.00. The smallest absolute Gasteiger partial charge is 0.116 e. The molecule has 0 saturated carbocycles. The van der Waals surface area contributed by atoms with E-state index in [0.717, 1.165) is 25.5 Å². The molecule has 2 rings (SSSR count). The summed E-state index contributed by atoms with van der Waals surface area (Å²) < 4.78 is 6.11. The van der Waals surface area contributed by atoms with Crippen LogP contribution in [0, 0.1) is 11.3 Å². The van der Waals surface area contributed by atoms with Crippen LogP contribution < -0.4 is 5.32 Å². The summed E-state index contributed by atoms with van der Waals surface area (Å²) in [7, 11) is 0. The summed E-state index contributed by atoms with van der Waals surface area (Å²) in [4.78, 5) is 2.58. The van der Waals surface area contributed by atoms with Crippen molar-refractivity contribution < 1.29 is 4.74 Å². The van der Waals surface area contributed by atoms with Crippen LogP contribution in [0.2, 0.25) is 0 Å². The molecular formula is C15H30N2O. The van der Waals surface area contributed by atoms with Crippen LogP contribution in [0.3, 0.4) is 0 Å². The van der Waals surface area contributed by atoms with Crippen molar-refractivity contribution in [2.75, 3.05) is 26.2 Å². The van der Waals surface area contributed by atoms with E-state index in [1.807, 2.05) is 0 Å². The fourth-order valence-corrected chi connectivity index (χ4v) is 3.06. The second-order valence-electron chi connectivity index (χ2n) is 7.48. The molecule has 0 amide bonds. The molecule has 2 aliphatic heterocycles. The zero-order valence-corrected chi connectivity index (χ0v) is 12.8. The highest BCUT2D eigenvalue weighted by atomic mass is 16.5. The first-order valence-electron chi connectivity index (χ1n) is 7.43. The number of likely N-dealkylation sites (tertiary alicyclic amines) is 1. The lowest BCUT2D eigenvalue weighted by atomic mass is 9.89. The molecule has 2 fully saturated rings. The number of nitrogens with zero attached hydrogens (tertiary/aromatic N) is 1. The lowest BCUT2D eigenvalue weighted by Crippen LogP contribution is -2.56. The third kappa shape index (κ3) is 3.46. The number of hydrogen-bond acceptors (Lipinski definition) is 3. The Morgan fingerprint density at radius 2 is 2.06 bits per heavy atom. The molecular weight excluding hydrogens is 224 g/mol. The zero-order chi connectivity index (χ0) is 13.4. The molecule has 2 heterocycles. The SMILES string of the molecule is CC(C)N1CCC(CC2(C)NCC(C)(C)CO2)C1. The molecule has 2 atom stereocenters. The van der Waals surface area contributed by atoms with Gasteiger partial charge >= 0.3 is 0 Å². The van der Waals surface area contributed by atoms with Crippen molar-refractivity contribution in [2.45, 2.75) is 59.2 Å². The first-order chi connectivity index (χ1) is 8.30. The molecule has 0 aliphatic carbocycles. The maximum Gasteiger partial charge on any atom is 0.116 e. The molecule has 0 aromatic carbocycles. The highest BCUT2D eigenvalue weighted by Gasteiger charge is 2.38. The molecule has 106 valence electrons. The minimum absolute atomic E-state index is 0.104. The van der Waals surface area contributed by atoms with Gasteiger partial charge in [0.1, 0.15) is 5.72 Å². The standard InChI is InChI=1S/C15H30N2O/c1-12(2)17-7-6-13(9-17)8-15(5)16-10-14(3,4)11-18-15/h12-13,16H,6-11H2,1-5H3. The molecule has 0 bridgehead atoms. The molecule has 3 heteroatoms. The number of ether oxygens (including phenoxy) is 1. The molecule has 3 nitrogen and oxygen atoms in total. The minimum Gasteiger partial charge on any atom is -0.360 e. The maximum absolute atomic E-state index is 6.11. The van der Waals surface area contributed by atoms with Gasteiger partial charge in [-0.3, -0.25) is 5.32 Å². The van der Waals surface area contributed by atoms with Crippen LogP contribution in [0.1, 0.15) is 47.5 Å². The largest absolute Gasteiger partial charge is 0.360 e. The van der Waals surface area contributed by atoms with E-state index in [9.17, 15) is 0 Å². The molecule has 0 radical (unpaired) electrons. The summed E-state index contributed by atoms with van der Waals surface area (Å²) in [6, 6.07) is 0.682. The van der Waals surface area contributed by atoms with Crippen molar-refractivity contribution in [2.24, 2.45) is 11.3 Å². The van der Waals surface area contributed by atoms with Gasteiger partial charge in [-0.2, -0.15) is 0 Å². The van der Waals surface area contributed by atoms with Crippen LogP contribution in [0.4, 0.5) is 0 Å². The first-order valence-corrected chi connectivity index (χ1v) is 7.43. The van der Waals surface area contributed by atoms with Gasteiger partial charge in [-0.05, 0) is 46.1 Å². The quantitative estimate of drug-likeness (QED) is 0.837. The van der Waals surface area contributed by atoms with Crippen LogP contribution in [-0.4, -0.2) is 42.9 Å². The van der Waals surface area contributed by atoms with Crippen molar-refractivity contribution in [3.8, 4) is 0 Å². The highest BCUT2D eigenvalue weighted by Crippen LogP contribution is 2.32. The number of rotatable bonds is 3. The van der Waals surface area contributed by atoms with Gasteiger partial charge in [0, 0.05) is 24.5 Å². The van der Waals surface area contributed by atoms with Gasteiger partial charge in [0.2, 0.25) is 0 Å². The zero-order valence-electron chi connectivity index (χ0n) is 12.8. The second-order valence-corrected chi connectivity index (χ2v) is 7.48. The van der Waals surface area contributed by atoms with E-state index in [4.69, 9.17) is 4.74 Å². The Morgan fingerprint density at radius 3 is 2.56 bits per heavy atom. The van der Waals surface area contributed by atoms with E-state index >= 15 is 0 Å². The molecule has 1 N–H and O–H groups in total. The first kappa shape index (κ1) is 14.3. The molecule has 0 aromatic rings. The molecule has 2 saturated heterocycles. The topological polar surface area (TPSA) is 24.5 Å². The average molecular weight is 254 g/mol. The third-order valence-electron chi connectivity index (χ3n) is 4.45. The minimum atomic E-state index is -0.104. The monoisotopic (exact) mass is 254 g/mol. The Bertz CT molecular complexity index is 278. The lowest BCUT2D eigenvalue weighted by Gasteiger charge is -2.43. The Morgan fingerprint density at radius 1 is 1.33 bits per heavy atom. The van der Waals surface area contributed by atoms with Gasteiger partial charge in [0.05, 0.1) is 6.61 Å². The van der Waals surface area contributed by atoms with E-state index in [1.54, 1.807) is 0 Å². The summed E-state index contributed by atoms with van der Waals surface area (Å²) in [6.45, 7) is 15.8. The van der Waals surface area contributed by atoms with Crippen LogP contribution in [0.25, 0.3) is 0 Å². The van der Waals surface area contributed by atoms with E-state index in [1.165, 1.54) is 19.5 Å². The van der Waals surface area contributed by atoms with E-state index < -0.39 is 0 Å². The van der Waals surface area contributed by atoms with Crippen LogP contribution in [-0.2, 0) is 4.74 Å². The highest BCUT2D eigenvalue weighted by molar-refractivity contribution is 4.89. The number of nitrogens with one attached hydrogen (secondary N) is 1. The fourth-order valence-electron chi connectivity index (χ4n) is 3.06. The second kappa shape index (κ2) is 5.10. The van der Waals surface area contributed by atoms with Gasteiger partial charge in [0.25, 0.3) is 0 Å². The summed E-state index contributed by atoms with van der Waals surface area (Å²) in [5.41, 5.74) is 0.173. The van der Waals surface area contributed by atoms with Crippen LogP contribution in [0.15, 0.2) is 0 Å². The van der Waals surface area contributed by atoms with Crippen LogP contribution >= 0.6 is 0 Å². The number of hydrogen-bond donors (Lipinski definition) is 1. The van der Waals surface area contributed by atoms with Crippen molar-refractivity contribution in [3.63, 3.8) is 0 Å². The molecule has 2 unspecified atom stereocenters. The summed E-state index contributed by atoms with van der Waals surface area (Å²) >= 11 is 0. The Hall–Kier alpha value is -0.120. The molecule has 2 aliphatic rings. The van der Waals surface area contributed by atoms with Crippen LogP contribution in [0.5, 0.6) is 0 Å². The molecule has 0 aromatic heterocycles. The summed E-state index contributed by atoms with van der Waals surface area (Å²) in [5.74, 6) is 0.783. The van der Waals surface area contributed by atoms with Gasteiger partial charge < -0.3 is 9.64 Å². The van der Waals surface area contributed by atoms with Gasteiger partial charge in [-0.25, -0.2) is 0 Å².